The van der Waals surface area contributed by atoms with E-state index in [1.807, 2.05) is 37.3 Å². The van der Waals surface area contributed by atoms with Gasteiger partial charge in [0.05, 0.1) is 5.41 Å². The van der Waals surface area contributed by atoms with Crippen LogP contribution in [-0.4, -0.2) is 44.9 Å². The number of carbonyl (C=O) groups excluding carboxylic acids is 1. The van der Waals surface area contributed by atoms with Crippen LogP contribution >= 0.6 is 0 Å². The van der Waals surface area contributed by atoms with Gasteiger partial charge in [-0.05, 0) is 61.1 Å². The number of hydrogen-bond acceptors (Lipinski definition) is 4. The summed E-state index contributed by atoms with van der Waals surface area (Å²) in [5.74, 6) is 1.20. The van der Waals surface area contributed by atoms with Gasteiger partial charge < -0.3 is 10.2 Å². The van der Waals surface area contributed by atoms with Gasteiger partial charge >= 0.3 is 0 Å². The van der Waals surface area contributed by atoms with Gasteiger partial charge in [-0.1, -0.05) is 44.2 Å². The number of rotatable bonds is 8. The highest BCUT2D eigenvalue weighted by molar-refractivity contribution is 7.95. The van der Waals surface area contributed by atoms with Crippen molar-refractivity contribution >= 4 is 27.7 Å². The highest BCUT2D eigenvalue weighted by atomic mass is 32.2. The lowest BCUT2D eigenvalue weighted by atomic mass is 9.92. The predicted molar refractivity (Wildman–Crippen MR) is 131 cm³/mol. The molecule has 1 heterocycles. The van der Waals surface area contributed by atoms with E-state index in [0.717, 1.165) is 30.6 Å². The second-order valence-electron chi connectivity index (χ2n) is 8.98. The van der Waals surface area contributed by atoms with Gasteiger partial charge in [0, 0.05) is 36.9 Å². The lowest BCUT2D eigenvalue weighted by Crippen LogP contribution is -2.47. The normalized spacial score (nSPS) is 20.7. The van der Waals surface area contributed by atoms with Crippen LogP contribution < -0.4 is 10.0 Å². The number of amides is 1. The molecule has 172 valence electrons. The second kappa shape index (κ2) is 10.8. The molecule has 0 radical (unpaired) electrons. The number of anilines is 1. The number of piperidine rings is 1. The minimum Gasteiger partial charge on any atom is -0.348 e. The van der Waals surface area contributed by atoms with E-state index in [1.165, 1.54) is 12.5 Å². The van der Waals surface area contributed by atoms with Gasteiger partial charge in [0.25, 0.3) is 15.9 Å². The second-order valence-corrected chi connectivity index (χ2v) is 10.5. The Balaban J connectivity index is 1.53. The topological polar surface area (TPSA) is 78.5 Å². The van der Waals surface area contributed by atoms with Crippen molar-refractivity contribution in [3.05, 3.63) is 71.1 Å². The molecule has 0 aliphatic carbocycles. The predicted octanol–water partition coefficient (Wildman–Crippen LogP) is 4.20. The molecule has 0 bridgehead atoms. The first kappa shape index (κ1) is 24.0. The maximum absolute atomic E-state index is 12.6. The van der Waals surface area contributed by atoms with E-state index in [0.29, 0.717) is 23.1 Å². The first-order valence-corrected chi connectivity index (χ1v) is 12.6. The number of likely N-dealkylation sites (tertiary alicyclic amines) is 1. The molecule has 2 N–H and O–H groups in total. The largest absolute Gasteiger partial charge is 0.348 e. The molecule has 1 aliphatic heterocycles. The maximum Gasteiger partial charge on any atom is 0.255 e. The molecule has 0 spiro atoms. The fourth-order valence-electron chi connectivity index (χ4n) is 4.30. The molecule has 0 saturated carbocycles. The summed E-state index contributed by atoms with van der Waals surface area (Å²) in [7, 11) is -3.65. The lowest BCUT2D eigenvalue weighted by molar-refractivity contribution is 0.0905. The van der Waals surface area contributed by atoms with E-state index in [-0.39, 0.29) is 11.9 Å². The van der Waals surface area contributed by atoms with Gasteiger partial charge in [0.2, 0.25) is 0 Å². The molecular weight excluding hydrogens is 422 g/mol. The van der Waals surface area contributed by atoms with Gasteiger partial charge in [-0.15, -0.1) is 0 Å². The Hall–Kier alpha value is -2.64. The summed E-state index contributed by atoms with van der Waals surface area (Å²) in [4.78, 5) is 15.0. The molecule has 0 aromatic heterocycles. The molecule has 3 unspecified atom stereocenters. The molecule has 7 heteroatoms. The number of sulfonamides is 1. The van der Waals surface area contributed by atoms with Gasteiger partial charge in [0.15, 0.2) is 0 Å². The first-order chi connectivity index (χ1) is 15.2. The van der Waals surface area contributed by atoms with E-state index in [2.05, 4.69) is 28.8 Å². The van der Waals surface area contributed by atoms with Crippen LogP contribution in [0.2, 0.25) is 0 Å². The number of nitrogens with one attached hydrogen (secondary N) is 2. The van der Waals surface area contributed by atoms with Crippen LogP contribution in [0.1, 0.15) is 43.1 Å². The van der Waals surface area contributed by atoms with E-state index in [1.54, 1.807) is 24.3 Å². The summed E-state index contributed by atoms with van der Waals surface area (Å²) >= 11 is 0. The van der Waals surface area contributed by atoms with Crippen molar-refractivity contribution in [2.45, 2.75) is 33.2 Å². The minimum atomic E-state index is -3.65. The van der Waals surface area contributed by atoms with E-state index in [9.17, 15) is 13.2 Å². The molecule has 2 aromatic rings. The molecule has 2 aromatic carbocycles. The van der Waals surface area contributed by atoms with Crippen molar-refractivity contribution in [3.8, 4) is 0 Å². The van der Waals surface area contributed by atoms with E-state index < -0.39 is 10.0 Å². The van der Waals surface area contributed by atoms with Crippen molar-refractivity contribution in [2.75, 3.05) is 24.4 Å². The third-order valence-electron chi connectivity index (χ3n) is 5.50. The Morgan fingerprint density at radius 2 is 1.69 bits per heavy atom. The third kappa shape index (κ3) is 7.50. The summed E-state index contributed by atoms with van der Waals surface area (Å²) < 4.78 is 27.1. The van der Waals surface area contributed by atoms with Crippen LogP contribution in [0.25, 0.3) is 6.08 Å². The summed E-state index contributed by atoms with van der Waals surface area (Å²) in [6.45, 7) is 9.53. The number of benzene rings is 2. The van der Waals surface area contributed by atoms with E-state index in [4.69, 9.17) is 0 Å². The van der Waals surface area contributed by atoms with Crippen molar-refractivity contribution in [2.24, 2.45) is 11.8 Å². The monoisotopic (exact) mass is 455 g/mol. The summed E-state index contributed by atoms with van der Waals surface area (Å²) in [5, 5.41) is 4.18. The quantitative estimate of drug-likeness (QED) is 0.625. The van der Waals surface area contributed by atoms with Gasteiger partial charge in [-0.3, -0.25) is 9.52 Å². The Kier molecular flexibility index (Phi) is 8.10. The van der Waals surface area contributed by atoms with E-state index >= 15 is 0 Å². The van der Waals surface area contributed by atoms with Crippen LogP contribution in [0.15, 0.2) is 60.0 Å². The molecule has 32 heavy (non-hydrogen) atoms. The molecular formula is C25H33N3O3S. The zero-order chi connectivity index (χ0) is 23.1. The number of hydrogen-bond donors (Lipinski definition) is 2. The molecule has 3 atom stereocenters. The van der Waals surface area contributed by atoms with Crippen molar-refractivity contribution < 1.29 is 13.2 Å². The smallest absolute Gasteiger partial charge is 0.255 e. The molecule has 3 rings (SSSR count). The van der Waals surface area contributed by atoms with Gasteiger partial charge in [0.1, 0.15) is 0 Å². The first-order valence-electron chi connectivity index (χ1n) is 11.1. The Bertz CT molecular complexity index is 1010. The summed E-state index contributed by atoms with van der Waals surface area (Å²) in [6, 6.07) is 15.7. The fourth-order valence-corrected chi connectivity index (χ4v) is 5.17. The zero-order valence-corrected chi connectivity index (χ0v) is 19.8. The Morgan fingerprint density at radius 3 is 2.31 bits per heavy atom. The average Bonchev–Trinajstić information content (AvgIpc) is 2.72. The van der Waals surface area contributed by atoms with Crippen LogP contribution in [0.4, 0.5) is 5.69 Å². The standard InChI is InChI=1S/C25H33N3O3S/c1-19-15-20(2)17-28(16-19)18-21(3)26-25(29)23-9-11-24(12-10-23)27-32(30,31)14-13-22-7-5-4-6-8-22/h4-14,19-21,27H,15-18H2,1-3H3,(H,26,29)/b14-13+. The highest BCUT2D eigenvalue weighted by Gasteiger charge is 2.23. The molecule has 1 saturated heterocycles. The van der Waals surface area contributed by atoms with Gasteiger partial charge in [-0.25, -0.2) is 8.42 Å². The molecule has 1 aliphatic rings. The van der Waals surface area contributed by atoms with Crippen LogP contribution in [0.3, 0.4) is 0 Å². The van der Waals surface area contributed by atoms with Crippen LogP contribution in [0, 0.1) is 11.8 Å². The van der Waals surface area contributed by atoms with Crippen molar-refractivity contribution in [1.82, 2.24) is 10.2 Å². The molecule has 1 fully saturated rings. The minimum absolute atomic E-state index is 0.0290. The third-order valence-corrected chi connectivity index (χ3v) is 6.52. The lowest BCUT2D eigenvalue weighted by Gasteiger charge is -2.36. The Morgan fingerprint density at radius 1 is 1.06 bits per heavy atom. The van der Waals surface area contributed by atoms with Crippen LogP contribution in [-0.2, 0) is 10.0 Å². The highest BCUT2D eigenvalue weighted by Crippen LogP contribution is 2.21. The molecule has 6 nitrogen and oxygen atoms in total. The number of carbonyl (C=O) groups is 1. The molecule has 1 amide bonds. The van der Waals surface area contributed by atoms with Crippen molar-refractivity contribution in [1.29, 1.82) is 0 Å². The summed E-state index contributed by atoms with van der Waals surface area (Å²) in [5.41, 5.74) is 1.70. The van der Waals surface area contributed by atoms with Crippen LogP contribution in [0.5, 0.6) is 0 Å². The fraction of sp³-hybridized carbons (Fsp3) is 0.400. The number of nitrogens with zero attached hydrogens (tertiary/aromatic N) is 1. The van der Waals surface area contributed by atoms with Crippen molar-refractivity contribution in [3.63, 3.8) is 0 Å². The van der Waals surface area contributed by atoms with Gasteiger partial charge in [-0.2, -0.15) is 0 Å². The maximum atomic E-state index is 12.6. The average molecular weight is 456 g/mol. The Labute approximate surface area is 191 Å². The summed E-state index contributed by atoms with van der Waals surface area (Å²) in [6.07, 6.45) is 2.80. The zero-order valence-electron chi connectivity index (χ0n) is 19.0. The SMILES string of the molecule is CC1CC(C)CN(CC(C)NC(=O)c2ccc(NS(=O)(=O)/C=C/c3ccccc3)cc2)C1.